The average molecular weight is 299 g/mol. The molecule has 2 unspecified atom stereocenters. The molecule has 5 heteroatoms. The number of benzene rings is 1. The highest BCUT2D eigenvalue weighted by atomic mass is 35.5. The number of thiazole rings is 1. The van der Waals surface area contributed by atoms with Crippen LogP contribution in [0.5, 0.6) is 0 Å². The van der Waals surface area contributed by atoms with Gasteiger partial charge in [-0.25, -0.2) is 4.98 Å². The summed E-state index contributed by atoms with van der Waals surface area (Å²) in [6.07, 6.45) is 1.49. The van der Waals surface area contributed by atoms with E-state index in [0.717, 1.165) is 23.2 Å². The second kappa shape index (κ2) is 5.00. The van der Waals surface area contributed by atoms with E-state index < -0.39 is 0 Å². The van der Waals surface area contributed by atoms with Crippen LogP contribution in [-0.2, 0) is 0 Å². The van der Waals surface area contributed by atoms with Gasteiger partial charge in [0.1, 0.15) is 0 Å². The predicted molar refractivity (Wildman–Crippen MR) is 80.8 cm³/mol. The van der Waals surface area contributed by atoms with Crippen LogP contribution in [-0.4, -0.2) is 28.9 Å². The number of piperidine rings is 1. The molecular formula is C13H15ClN2S2. The van der Waals surface area contributed by atoms with Crippen LogP contribution < -0.4 is 0 Å². The minimum absolute atomic E-state index is 0. The molecule has 18 heavy (non-hydrogen) atoms. The second-order valence-electron chi connectivity index (χ2n) is 5.01. The number of hydrogen-bond acceptors (Lipinski definition) is 4. The third kappa shape index (κ3) is 2.39. The standard InChI is InChI=1S/C13H14N2S2.ClH/c1-2-4-12-11(3-1)14-13(17-12)16-8-15-6-9-5-10(9)7-15;/h1-4,9-10H,5-8H2;1H. The first kappa shape index (κ1) is 12.7. The van der Waals surface area contributed by atoms with E-state index in [2.05, 4.69) is 34.1 Å². The molecule has 0 bridgehead atoms. The third-order valence-electron chi connectivity index (χ3n) is 3.70. The monoisotopic (exact) mass is 298 g/mol. The van der Waals surface area contributed by atoms with Gasteiger partial charge in [0, 0.05) is 13.1 Å². The lowest BCUT2D eigenvalue weighted by atomic mass is 10.3. The van der Waals surface area contributed by atoms with E-state index in [9.17, 15) is 0 Å². The smallest absolute Gasteiger partial charge is 0.152 e. The highest BCUT2D eigenvalue weighted by molar-refractivity contribution is 8.01. The van der Waals surface area contributed by atoms with Crippen LogP contribution in [0.2, 0.25) is 0 Å². The number of para-hydroxylation sites is 1. The maximum Gasteiger partial charge on any atom is 0.152 e. The van der Waals surface area contributed by atoms with Crippen molar-refractivity contribution in [1.82, 2.24) is 9.88 Å². The van der Waals surface area contributed by atoms with Gasteiger partial charge in [0.25, 0.3) is 0 Å². The molecule has 2 heterocycles. The molecule has 0 spiro atoms. The van der Waals surface area contributed by atoms with Crippen molar-refractivity contribution in [2.75, 3.05) is 19.0 Å². The fourth-order valence-corrected chi connectivity index (χ4v) is 4.69. The molecule has 0 amide bonds. The SMILES string of the molecule is Cl.c1ccc2sc(SCN3CC4CC4C3)nc2c1. The Hall–Kier alpha value is -0.290. The largest absolute Gasteiger partial charge is 0.293 e. The van der Waals surface area contributed by atoms with Gasteiger partial charge < -0.3 is 0 Å². The van der Waals surface area contributed by atoms with E-state index in [1.165, 1.54) is 28.5 Å². The molecule has 0 N–H and O–H groups in total. The van der Waals surface area contributed by atoms with Gasteiger partial charge >= 0.3 is 0 Å². The molecule has 1 aliphatic heterocycles. The fourth-order valence-electron chi connectivity index (χ4n) is 2.66. The van der Waals surface area contributed by atoms with Crippen LogP contribution >= 0.6 is 35.5 Å². The highest BCUT2D eigenvalue weighted by Crippen LogP contribution is 2.45. The first-order valence-corrected chi connectivity index (χ1v) is 7.89. The maximum atomic E-state index is 4.66. The van der Waals surface area contributed by atoms with Crippen molar-refractivity contribution in [3.05, 3.63) is 24.3 Å². The second-order valence-corrected chi connectivity index (χ2v) is 7.24. The summed E-state index contributed by atoms with van der Waals surface area (Å²) in [4.78, 5) is 7.24. The van der Waals surface area contributed by atoms with E-state index in [1.807, 2.05) is 23.1 Å². The lowest BCUT2D eigenvalue weighted by Crippen LogP contribution is -2.21. The Kier molecular flexibility index (Phi) is 3.54. The summed E-state index contributed by atoms with van der Waals surface area (Å²) in [7, 11) is 0. The Morgan fingerprint density at radius 1 is 1.28 bits per heavy atom. The zero-order chi connectivity index (χ0) is 11.2. The van der Waals surface area contributed by atoms with Crippen LogP contribution in [0.1, 0.15) is 6.42 Å². The third-order valence-corrected chi connectivity index (χ3v) is 5.97. The van der Waals surface area contributed by atoms with Crippen LogP contribution in [0.3, 0.4) is 0 Å². The van der Waals surface area contributed by atoms with Gasteiger partial charge in [0.2, 0.25) is 0 Å². The summed E-state index contributed by atoms with van der Waals surface area (Å²) in [5.74, 6) is 3.18. The first-order chi connectivity index (χ1) is 8.38. The van der Waals surface area contributed by atoms with Crippen molar-refractivity contribution in [1.29, 1.82) is 0 Å². The quantitative estimate of drug-likeness (QED) is 0.804. The van der Waals surface area contributed by atoms with Gasteiger partial charge in [0.05, 0.1) is 16.1 Å². The van der Waals surface area contributed by atoms with E-state index >= 15 is 0 Å². The molecule has 1 saturated heterocycles. The minimum Gasteiger partial charge on any atom is -0.293 e. The summed E-state index contributed by atoms with van der Waals surface area (Å²) in [6.45, 7) is 2.64. The van der Waals surface area contributed by atoms with Crippen molar-refractivity contribution in [3.8, 4) is 0 Å². The lowest BCUT2D eigenvalue weighted by molar-refractivity contribution is 0.358. The molecule has 1 aromatic heterocycles. The van der Waals surface area contributed by atoms with Crippen molar-refractivity contribution >= 4 is 45.7 Å². The Bertz CT molecular complexity index is 514. The van der Waals surface area contributed by atoms with Crippen LogP contribution in [0.25, 0.3) is 10.2 Å². The zero-order valence-corrected chi connectivity index (χ0v) is 12.4. The molecule has 2 atom stereocenters. The minimum atomic E-state index is 0. The Balaban J connectivity index is 0.000001000. The fraction of sp³-hybridized carbons (Fsp3) is 0.462. The Labute approximate surface area is 121 Å². The normalized spacial score (nSPS) is 26.0. The number of fused-ring (bicyclic) bond motifs is 2. The summed E-state index contributed by atoms with van der Waals surface area (Å²) < 4.78 is 2.52. The van der Waals surface area contributed by atoms with Crippen LogP contribution in [0, 0.1) is 11.8 Å². The van der Waals surface area contributed by atoms with Crippen molar-refractivity contribution in [2.45, 2.75) is 10.8 Å². The number of likely N-dealkylation sites (tertiary alicyclic amines) is 1. The van der Waals surface area contributed by atoms with Crippen molar-refractivity contribution < 1.29 is 0 Å². The molecule has 0 radical (unpaired) electrons. The Morgan fingerprint density at radius 2 is 2.06 bits per heavy atom. The number of hydrogen-bond donors (Lipinski definition) is 0. The van der Waals surface area contributed by atoms with E-state index in [0.29, 0.717) is 0 Å². The number of aromatic nitrogens is 1. The topological polar surface area (TPSA) is 16.1 Å². The van der Waals surface area contributed by atoms with Gasteiger partial charge in [-0.2, -0.15) is 0 Å². The first-order valence-electron chi connectivity index (χ1n) is 6.09. The lowest BCUT2D eigenvalue weighted by Gasteiger charge is -2.15. The average Bonchev–Trinajstić information content (AvgIpc) is 2.80. The molecule has 4 rings (SSSR count). The molecule has 2 nitrogen and oxygen atoms in total. The molecule has 2 fully saturated rings. The van der Waals surface area contributed by atoms with Gasteiger partial charge in [-0.15, -0.1) is 23.7 Å². The summed E-state index contributed by atoms with van der Waals surface area (Å²) in [5.41, 5.74) is 1.14. The van der Waals surface area contributed by atoms with E-state index in [4.69, 9.17) is 0 Å². The summed E-state index contributed by atoms with van der Waals surface area (Å²) in [6, 6.07) is 8.40. The molecule has 1 aromatic carbocycles. The van der Waals surface area contributed by atoms with Crippen molar-refractivity contribution in [3.63, 3.8) is 0 Å². The number of rotatable bonds is 3. The predicted octanol–water partition coefficient (Wildman–Crippen LogP) is 3.72. The van der Waals surface area contributed by atoms with Gasteiger partial charge in [-0.3, -0.25) is 4.90 Å². The summed E-state index contributed by atoms with van der Waals surface area (Å²) >= 11 is 3.72. The summed E-state index contributed by atoms with van der Waals surface area (Å²) in [5, 5.41) is 0. The number of halogens is 1. The molecule has 2 aliphatic rings. The van der Waals surface area contributed by atoms with Crippen LogP contribution in [0.15, 0.2) is 28.6 Å². The Morgan fingerprint density at radius 3 is 2.83 bits per heavy atom. The molecule has 1 saturated carbocycles. The van der Waals surface area contributed by atoms with Gasteiger partial charge in [-0.05, 0) is 30.4 Å². The van der Waals surface area contributed by atoms with E-state index in [1.54, 1.807) is 0 Å². The van der Waals surface area contributed by atoms with Gasteiger partial charge in [-0.1, -0.05) is 23.9 Å². The molecule has 1 aliphatic carbocycles. The highest BCUT2D eigenvalue weighted by Gasteiger charge is 2.44. The molecular weight excluding hydrogens is 284 g/mol. The van der Waals surface area contributed by atoms with Gasteiger partial charge in [0.15, 0.2) is 4.34 Å². The van der Waals surface area contributed by atoms with Crippen LogP contribution in [0.4, 0.5) is 0 Å². The number of thioether (sulfide) groups is 1. The molecule has 96 valence electrons. The molecule has 2 aromatic rings. The van der Waals surface area contributed by atoms with E-state index in [-0.39, 0.29) is 12.4 Å². The zero-order valence-electron chi connectivity index (χ0n) is 9.91. The number of nitrogens with zero attached hydrogens (tertiary/aromatic N) is 2. The van der Waals surface area contributed by atoms with Crippen molar-refractivity contribution in [2.24, 2.45) is 11.8 Å². The maximum absolute atomic E-state index is 4.66.